The summed E-state index contributed by atoms with van der Waals surface area (Å²) in [6, 6.07) is 13.0. The first-order valence-corrected chi connectivity index (χ1v) is 6.59. The molecule has 0 radical (unpaired) electrons. The lowest BCUT2D eigenvalue weighted by molar-refractivity contribution is 0.660. The highest BCUT2D eigenvalue weighted by Crippen LogP contribution is 2.18. The summed E-state index contributed by atoms with van der Waals surface area (Å²) in [6.45, 7) is 2.87. The molecule has 0 N–H and O–H groups in total. The van der Waals surface area contributed by atoms with Crippen LogP contribution in [0.5, 0.6) is 0 Å². The van der Waals surface area contributed by atoms with Crippen molar-refractivity contribution >= 4 is 0 Å². The summed E-state index contributed by atoms with van der Waals surface area (Å²) in [5, 5.41) is 4.27. The molecule has 0 unspecified atom stereocenters. The van der Waals surface area contributed by atoms with Crippen molar-refractivity contribution in [1.82, 2.24) is 14.3 Å². The lowest BCUT2D eigenvalue weighted by Gasteiger charge is -2.07. The molecule has 100 valence electrons. The molecule has 0 aliphatic heterocycles. The van der Waals surface area contributed by atoms with Gasteiger partial charge in [0.25, 0.3) is 5.56 Å². The van der Waals surface area contributed by atoms with Gasteiger partial charge in [0.15, 0.2) is 0 Å². The van der Waals surface area contributed by atoms with Crippen LogP contribution in [0.1, 0.15) is 6.92 Å². The van der Waals surface area contributed by atoms with Crippen molar-refractivity contribution in [2.24, 2.45) is 0 Å². The van der Waals surface area contributed by atoms with Crippen LogP contribution in [0.3, 0.4) is 0 Å². The SMILES string of the molecule is CCn1cc(-c2ccc(=O)n(-c3ccccc3)c2)cn1. The fourth-order valence-electron chi connectivity index (χ4n) is 2.13. The highest BCUT2D eigenvalue weighted by Gasteiger charge is 2.05. The van der Waals surface area contributed by atoms with Gasteiger partial charge in [-0.15, -0.1) is 0 Å². The Bertz CT molecular complexity index is 772. The van der Waals surface area contributed by atoms with E-state index in [0.717, 1.165) is 23.4 Å². The molecule has 0 atom stereocenters. The third-order valence-corrected chi connectivity index (χ3v) is 3.24. The molecule has 1 aromatic carbocycles. The van der Waals surface area contributed by atoms with Crippen LogP contribution in [0, 0.1) is 0 Å². The molecule has 4 heteroatoms. The van der Waals surface area contributed by atoms with Gasteiger partial charge in [-0.1, -0.05) is 18.2 Å². The van der Waals surface area contributed by atoms with Crippen LogP contribution in [0.15, 0.2) is 65.8 Å². The Balaban J connectivity index is 2.09. The van der Waals surface area contributed by atoms with Crippen LogP contribution in [0.25, 0.3) is 16.8 Å². The van der Waals surface area contributed by atoms with E-state index < -0.39 is 0 Å². The van der Waals surface area contributed by atoms with Gasteiger partial charge in [-0.05, 0) is 25.1 Å². The molecule has 3 rings (SSSR count). The van der Waals surface area contributed by atoms with E-state index in [2.05, 4.69) is 5.10 Å². The molecule has 2 heterocycles. The van der Waals surface area contributed by atoms with Crippen molar-refractivity contribution in [3.63, 3.8) is 0 Å². The maximum atomic E-state index is 12.0. The van der Waals surface area contributed by atoms with Gasteiger partial charge in [0.2, 0.25) is 0 Å². The summed E-state index contributed by atoms with van der Waals surface area (Å²) >= 11 is 0. The van der Waals surface area contributed by atoms with Crippen LogP contribution in [0.2, 0.25) is 0 Å². The van der Waals surface area contributed by atoms with Gasteiger partial charge in [0.05, 0.1) is 6.20 Å². The third-order valence-electron chi connectivity index (χ3n) is 3.24. The van der Waals surface area contributed by atoms with E-state index in [1.807, 2.05) is 66.6 Å². The second kappa shape index (κ2) is 5.17. The van der Waals surface area contributed by atoms with Crippen LogP contribution < -0.4 is 5.56 Å². The van der Waals surface area contributed by atoms with Gasteiger partial charge in [0, 0.05) is 41.8 Å². The largest absolute Gasteiger partial charge is 0.284 e. The Morgan fingerprint density at radius 2 is 1.80 bits per heavy atom. The Labute approximate surface area is 116 Å². The first kappa shape index (κ1) is 12.4. The average Bonchev–Trinajstić information content (AvgIpc) is 2.97. The second-order valence-corrected chi connectivity index (χ2v) is 4.55. The van der Waals surface area contributed by atoms with Crippen molar-refractivity contribution < 1.29 is 0 Å². The van der Waals surface area contributed by atoms with E-state index in [9.17, 15) is 4.79 Å². The van der Waals surface area contributed by atoms with Crippen LogP contribution in [-0.2, 0) is 6.54 Å². The Hall–Kier alpha value is -2.62. The minimum Gasteiger partial charge on any atom is -0.284 e. The molecule has 2 aromatic heterocycles. The maximum absolute atomic E-state index is 12.0. The number of pyridine rings is 1. The zero-order chi connectivity index (χ0) is 13.9. The highest BCUT2D eigenvalue weighted by atomic mass is 16.1. The summed E-state index contributed by atoms with van der Waals surface area (Å²) in [5.74, 6) is 0. The van der Waals surface area contributed by atoms with E-state index in [1.54, 1.807) is 10.6 Å². The molecule has 0 spiro atoms. The predicted octanol–water partition coefficient (Wildman–Crippen LogP) is 2.72. The molecule has 0 aliphatic rings. The van der Waals surface area contributed by atoms with Crippen LogP contribution >= 0.6 is 0 Å². The third kappa shape index (κ3) is 2.28. The van der Waals surface area contributed by atoms with Crippen molar-refractivity contribution in [2.45, 2.75) is 13.5 Å². The van der Waals surface area contributed by atoms with E-state index in [4.69, 9.17) is 0 Å². The normalized spacial score (nSPS) is 10.7. The molecular weight excluding hydrogens is 250 g/mol. The highest BCUT2D eigenvalue weighted by molar-refractivity contribution is 5.61. The molecule has 0 saturated heterocycles. The van der Waals surface area contributed by atoms with Crippen molar-refractivity contribution in [3.8, 4) is 16.8 Å². The first-order chi connectivity index (χ1) is 9.78. The Kier molecular flexibility index (Phi) is 3.21. The van der Waals surface area contributed by atoms with E-state index >= 15 is 0 Å². The molecule has 0 saturated carbocycles. The summed E-state index contributed by atoms with van der Waals surface area (Å²) < 4.78 is 3.52. The molecule has 20 heavy (non-hydrogen) atoms. The van der Waals surface area contributed by atoms with Crippen molar-refractivity contribution in [3.05, 3.63) is 71.4 Å². The second-order valence-electron chi connectivity index (χ2n) is 4.55. The fraction of sp³-hybridized carbons (Fsp3) is 0.125. The van der Waals surface area contributed by atoms with Crippen LogP contribution in [-0.4, -0.2) is 14.3 Å². The van der Waals surface area contributed by atoms with Gasteiger partial charge in [-0.3, -0.25) is 14.0 Å². The fourth-order valence-corrected chi connectivity index (χ4v) is 2.13. The lowest BCUT2D eigenvalue weighted by atomic mass is 10.1. The molecule has 0 aliphatic carbocycles. The van der Waals surface area contributed by atoms with Gasteiger partial charge < -0.3 is 0 Å². The van der Waals surface area contributed by atoms with Gasteiger partial charge >= 0.3 is 0 Å². The van der Waals surface area contributed by atoms with Crippen molar-refractivity contribution in [1.29, 1.82) is 0 Å². The predicted molar refractivity (Wildman–Crippen MR) is 78.9 cm³/mol. The monoisotopic (exact) mass is 265 g/mol. The smallest absolute Gasteiger partial charge is 0.255 e. The van der Waals surface area contributed by atoms with Crippen molar-refractivity contribution in [2.75, 3.05) is 0 Å². The summed E-state index contributed by atoms with van der Waals surface area (Å²) in [5.41, 5.74) is 2.81. The number of nitrogens with zero attached hydrogens (tertiary/aromatic N) is 3. The minimum absolute atomic E-state index is 0.0390. The summed E-state index contributed by atoms with van der Waals surface area (Å²) in [7, 11) is 0. The number of para-hydroxylation sites is 1. The lowest BCUT2D eigenvalue weighted by Crippen LogP contribution is -2.16. The number of aryl methyl sites for hydroxylation is 1. The van der Waals surface area contributed by atoms with E-state index in [1.165, 1.54) is 0 Å². The topological polar surface area (TPSA) is 39.8 Å². The molecule has 3 aromatic rings. The quantitative estimate of drug-likeness (QED) is 0.730. The van der Waals surface area contributed by atoms with E-state index in [-0.39, 0.29) is 5.56 Å². The molecule has 4 nitrogen and oxygen atoms in total. The zero-order valence-electron chi connectivity index (χ0n) is 11.2. The van der Waals surface area contributed by atoms with E-state index in [0.29, 0.717) is 0 Å². The minimum atomic E-state index is -0.0390. The van der Waals surface area contributed by atoms with Gasteiger partial charge in [-0.25, -0.2) is 0 Å². The molecule has 0 bridgehead atoms. The maximum Gasteiger partial charge on any atom is 0.255 e. The summed E-state index contributed by atoms with van der Waals surface area (Å²) in [6.07, 6.45) is 5.66. The van der Waals surface area contributed by atoms with Gasteiger partial charge in [0.1, 0.15) is 0 Å². The first-order valence-electron chi connectivity index (χ1n) is 6.59. The Morgan fingerprint density at radius 1 is 1.00 bits per heavy atom. The van der Waals surface area contributed by atoms with Crippen LogP contribution in [0.4, 0.5) is 0 Å². The number of aromatic nitrogens is 3. The molecular formula is C16H15N3O. The summed E-state index contributed by atoms with van der Waals surface area (Å²) in [4.78, 5) is 12.0. The average molecular weight is 265 g/mol. The van der Waals surface area contributed by atoms with Gasteiger partial charge in [-0.2, -0.15) is 5.10 Å². The molecule has 0 fully saturated rings. The molecule has 0 amide bonds. The Morgan fingerprint density at radius 3 is 2.50 bits per heavy atom. The number of benzene rings is 1. The standard InChI is InChI=1S/C16H15N3O/c1-2-18-11-14(10-17-18)13-8-9-16(20)19(12-13)15-6-4-3-5-7-15/h3-12H,2H2,1H3. The number of hydrogen-bond donors (Lipinski definition) is 0. The number of rotatable bonds is 3. The number of hydrogen-bond acceptors (Lipinski definition) is 2. The zero-order valence-corrected chi connectivity index (χ0v) is 11.2.